The van der Waals surface area contributed by atoms with E-state index in [1.807, 2.05) is 7.11 Å². The van der Waals surface area contributed by atoms with Crippen molar-refractivity contribution in [2.75, 3.05) is 7.11 Å². The van der Waals surface area contributed by atoms with Crippen molar-refractivity contribution in [2.24, 2.45) is 21.7 Å². The van der Waals surface area contributed by atoms with Gasteiger partial charge in [-0.15, -0.1) is 0 Å². The van der Waals surface area contributed by atoms with Crippen molar-refractivity contribution >= 4 is 8.32 Å². The van der Waals surface area contributed by atoms with Crippen LogP contribution in [0.25, 0.3) is 0 Å². The highest BCUT2D eigenvalue weighted by molar-refractivity contribution is 6.74. The van der Waals surface area contributed by atoms with Crippen LogP contribution in [0.4, 0.5) is 0 Å². The molecule has 114 valence electrons. The van der Waals surface area contributed by atoms with E-state index in [1.165, 1.54) is 0 Å². The van der Waals surface area contributed by atoms with Crippen LogP contribution in [-0.2, 0) is 4.43 Å². The molecule has 1 fully saturated rings. The molecule has 0 heterocycles. The van der Waals surface area contributed by atoms with Crippen molar-refractivity contribution in [2.45, 2.75) is 80.4 Å². The second-order valence-corrected chi connectivity index (χ2v) is 13.8. The van der Waals surface area contributed by atoms with Crippen molar-refractivity contribution in [3.05, 3.63) is 0 Å². The maximum Gasteiger partial charge on any atom is 0.193 e. The Kier molecular flexibility index (Phi) is 3.52. The van der Waals surface area contributed by atoms with Crippen LogP contribution in [0, 0.1) is 21.7 Å². The fraction of sp³-hybridized carbons (Fsp3) is 1.00. The fourth-order valence-corrected chi connectivity index (χ4v) is 9.35. The molecule has 19 heavy (non-hydrogen) atoms. The number of hydrogen-bond acceptors (Lipinski definition) is 1. The van der Waals surface area contributed by atoms with Gasteiger partial charge in [0.2, 0.25) is 0 Å². The average molecular weight is 285 g/mol. The molecular weight excluding hydrogens is 248 g/mol. The highest BCUT2D eigenvalue weighted by Gasteiger charge is 2.77. The van der Waals surface area contributed by atoms with Gasteiger partial charge in [-0.05, 0) is 39.8 Å². The summed E-state index contributed by atoms with van der Waals surface area (Å²) in [6.07, 6.45) is 0. The molecule has 1 saturated carbocycles. The van der Waals surface area contributed by atoms with Gasteiger partial charge in [-0.3, -0.25) is 0 Å². The van der Waals surface area contributed by atoms with Crippen LogP contribution in [-0.4, -0.2) is 15.4 Å². The third-order valence-electron chi connectivity index (χ3n) is 8.90. The number of rotatable bonds is 2. The standard InChI is InChI=1S/C17H36OSi/c1-13(2)14(3,4)16(7,8)17(9,15(13,5)6)19(11,12)18-10/h1-12H3. The molecule has 0 aliphatic heterocycles. The minimum Gasteiger partial charge on any atom is -0.420 e. The van der Waals surface area contributed by atoms with Gasteiger partial charge in [-0.1, -0.05) is 62.3 Å². The van der Waals surface area contributed by atoms with Crippen molar-refractivity contribution < 1.29 is 4.43 Å². The van der Waals surface area contributed by atoms with E-state index in [-0.39, 0.29) is 26.7 Å². The van der Waals surface area contributed by atoms with Crippen molar-refractivity contribution in [1.29, 1.82) is 0 Å². The normalized spacial score (nSPS) is 30.3. The smallest absolute Gasteiger partial charge is 0.193 e. The lowest BCUT2D eigenvalue weighted by molar-refractivity contribution is 0.0135. The van der Waals surface area contributed by atoms with Gasteiger partial charge in [0.05, 0.1) is 0 Å². The molecule has 0 amide bonds. The van der Waals surface area contributed by atoms with E-state index >= 15 is 0 Å². The topological polar surface area (TPSA) is 9.23 Å². The Morgan fingerprint density at radius 3 is 1.05 bits per heavy atom. The predicted octanol–water partition coefficient (Wildman–Crippen LogP) is 5.72. The predicted molar refractivity (Wildman–Crippen MR) is 88.0 cm³/mol. The van der Waals surface area contributed by atoms with E-state index in [2.05, 4.69) is 75.4 Å². The summed E-state index contributed by atoms with van der Waals surface area (Å²) in [5.74, 6) is 0. The first kappa shape index (κ1) is 17.2. The lowest BCUT2D eigenvalue weighted by atomic mass is 9.57. The second-order valence-electron chi connectivity index (χ2n) is 9.34. The van der Waals surface area contributed by atoms with Gasteiger partial charge in [0.15, 0.2) is 8.32 Å². The van der Waals surface area contributed by atoms with Crippen molar-refractivity contribution in [1.82, 2.24) is 0 Å². The molecule has 0 bridgehead atoms. The maximum absolute atomic E-state index is 6.12. The molecule has 0 unspecified atom stereocenters. The first-order valence-electron chi connectivity index (χ1n) is 7.61. The van der Waals surface area contributed by atoms with Crippen LogP contribution in [0.3, 0.4) is 0 Å². The Hall–Kier alpha value is 0.177. The van der Waals surface area contributed by atoms with Gasteiger partial charge in [-0.2, -0.15) is 0 Å². The van der Waals surface area contributed by atoms with Crippen LogP contribution in [0.2, 0.25) is 18.1 Å². The van der Waals surface area contributed by atoms with Gasteiger partial charge in [-0.25, -0.2) is 0 Å². The monoisotopic (exact) mass is 284 g/mol. The largest absolute Gasteiger partial charge is 0.420 e. The van der Waals surface area contributed by atoms with Crippen LogP contribution >= 0.6 is 0 Å². The molecule has 0 saturated heterocycles. The highest BCUT2D eigenvalue weighted by Crippen LogP contribution is 2.83. The summed E-state index contributed by atoms with van der Waals surface area (Å²) in [6, 6.07) is 0. The summed E-state index contributed by atoms with van der Waals surface area (Å²) in [4.78, 5) is 0. The number of hydrogen-bond donors (Lipinski definition) is 0. The zero-order valence-electron chi connectivity index (χ0n) is 15.4. The van der Waals surface area contributed by atoms with Gasteiger partial charge < -0.3 is 4.43 Å². The molecule has 0 radical (unpaired) electrons. The lowest BCUT2D eigenvalue weighted by Crippen LogP contribution is -2.55. The molecule has 1 aliphatic carbocycles. The third-order valence-corrected chi connectivity index (χ3v) is 13.6. The molecule has 0 aromatic rings. The Balaban J connectivity index is 3.75. The van der Waals surface area contributed by atoms with E-state index in [1.54, 1.807) is 0 Å². The Morgan fingerprint density at radius 1 is 0.579 bits per heavy atom. The summed E-state index contributed by atoms with van der Waals surface area (Å²) < 4.78 is 6.12. The fourth-order valence-electron chi connectivity index (χ4n) is 5.30. The van der Waals surface area contributed by atoms with Crippen LogP contribution in [0.5, 0.6) is 0 Å². The van der Waals surface area contributed by atoms with Crippen LogP contribution in [0.1, 0.15) is 62.3 Å². The third kappa shape index (κ3) is 1.46. The SMILES string of the molecule is CO[Si](C)(C)C1(C)C(C)(C)C(C)(C)C(C)(C)C1(C)C. The Labute approximate surface area is 122 Å². The molecule has 2 heteroatoms. The Bertz CT molecular complexity index is 349. The molecule has 0 atom stereocenters. The minimum atomic E-state index is -1.82. The lowest BCUT2D eigenvalue weighted by Gasteiger charge is -2.56. The van der Waals surface area contributed by atoms with Gasteiger partial charge in [0.25, 0.3) is 0 Å². The van der Waals surface area contributed by atoms with Gasteiger partial charge >= 0.3 is 0 Å². The summed E-state index contributed by atoms with van der Waals surface area (Å²) >= 11 is 0. The highest BCUT2D eigenvalue weighted by atomic mass is 28.4. The van der Waals surface area contributed by atoms with E-state index in [0.717, 1.165) is 0 Å². The molecule has 0 N–H and O–H groups in total. The van der Waals surface area contributed by atoms with Crippen LogP contribution in [0.15, 0.2) is 0 Å². The summed E-state index contributed by atoms with van der Waals surface area (Å²) in [6.45, 7) is 27.0. The van der Waals surface area contributed by atoms with Gasteiger partial charge in [0.1, 0.15) is 0 Å². The summed E-state index contributed by atoms with van der Waals surface area (Å²) in [5, 5.41) is 0.217. The second kappa shape index (κ2) is 3.88. The van der Waals surface area contributed by atoms with Crippen LogP contribution < -0.4 is 0 Å². The first-order chi connectivity index (χ1) is 8.06. The van der Waals surface area contributed by atoms with E-state index in [0.29, 0.717) is 0 Å². The molecule has 0 spiro atoms. The molecular formula is C17H36OSi. The molecule has 1 aliphatic rings. The minimum absolute atomic E-state index is 0.217. The summed E-state index contributed by atoms with van der Waals surface area (Å²) in [7, 11) is 0.102. The molecule has 1 rings (SSSR count). The van der Waals surface area contributed by atoms with E-state index in [9.17, 15) is 0 Å². The van der Waals surface area contributed by atoms with E-state index < -0.39 is 8.32 Å². The van der Waals surface area contributed by atoms with Crippen molar-refractivity contribution in [3.63, 3.8) is 0 Å². The van der Waals surface area contributed by atoms with Gasteiger partial charge in [0, 0.05) is 7.11 Å². The van der Waals surface area contributed by atoms with E-state index in [4.69, 9.17) is 4.43 Å². The molecule has 1 nitrogen and oxygen atoms in total. The zero-order chi connectivity index (χ0) is 15.7. The first-order valence-corrected chi connectivity index (χ1v) is 10.5. The quantitative estimate of drug-likeness (QED) is 0.590. The van der Waals surface area contributed by atoms with Crippen molar-refractivity contribution in [3.8, 4) is 0 Å². The summed E-state index contributed by atoms with van der Waals surface area (Å²) in [5.41, 5.74) is 1.000. The molecule has 0 aromatic carbocycles. The Morgan fingerprint density at radius 2 is 0.842 bits per heavy atom. The average Bonchev–Trinajstić information content (AvgIpc) is 2.30. The zero-order valence-corrected chi connectivity index (χ0v) is 16.4. The molecule has 0 aromatic heterocycles. The maximum atomic E-state index is 6.12.